The van der Waals surface area contributed by atoms with E-state index in [1.165, 1.54) is 16.2 Å². The molecule has 0 spiro atoms. The molecule has 1 N–H and O–H groups in total. The second-order valence-electron chi connectivity index (χ2n) is 10.8. The van der Waals surface area contributed by atoms with Gasteiger partial charge >= 0.3 is 5.91 Å². The van der Waals surface area contributed by atoms with Crippen molar-refractivity contribution in [1.29, 1.82) is 0 Å². The summed E-state index contributed by atoms with van der Waals surface area (Å²) in [7, 11) is 0. The van der Waals surface area contributed by atoms with Gasteiger partial charge in [0.15, 0.2) is 28.1 Å². The Labute approximate surface area is 263 Å². The number of anilines is 1. The molecule has 1 amide bonds. The highest BCUT2D eigenvalue weighted by Gasteiger charge is 2.48. The Morgan fingerprint density at radius 1 is 1.05 bits per heavy atom. The fraction of sp³-hybridized carbons (Fsp3) is 0.303. The molecule has 6 rings (SSSR count). The van der Waals surface area contributed by atoms with Crippen molar-refractivity contribution in [3.8, 4) is 23.0 Å². The van der Waals surface area contributed by atoms with E-state index in [2.05, 4.69) is 18.8 Å². The van der Waals surface area contributed by atoms with E-state index in [9.17, 15) is 14.7 Å². The maximum absolute atomic E-state index is 13.8. The number of amides is 1. The van der Waals surface area contributed by atoms with Crippen molar-refractivity contribution < 1.29 is 33.6 Å². The maximum Gasteiger partial charge on any atom is 0.301 e. The lowest BCUT2D eigenvalue weighted by Crippen LogP contribution is -2.29. The van der Waals surface area contributed by atoms with Gasteiger partial charge in [0.2, 0.25) is 0 Å². The minimum atomic E-state index is -1.01. The van der Waals surface area contributed by atoms with Gasteiger partial charge in [0.1, 0.15) is 19.0 Å². The van der Waals surface area contributed by atoms with Crippen LogP contribution >= 0.6 is 22.9 Å². The number of benzene rings is 3. The SMILES string of the molecule is CCOc1cc(C2/C(=C(\O)c3ccc4c(c3)OCCO4)C(=O)C(=O)N2c2nc3ccc(Cl)cc3s2)ccc1OCCC(C)C. The minimum absolute atomic E-state index is 0.0834. The smallest absolute Gasteiger partial charge is 0.301 e. The first-order valence-electron chi connectivity index (χ1n) is 14.4. The van der Waals surface area contributed by atoms with Crippen LogP contribution in [0.25, 0.3) is 16.0 Å². The summed E-state index contributed by atoms with van der Waals surface area (Å²) >= 11 is 7.45. The predicted molar refractivity (Wildman–Crippen MR) is 169 cm³/mol. The number of ketones is 1. The van der Waals surface area contributed by atoms with Crippen LogP contribution in [0, 0.1) is 5.92 Å². The van der Waals surface area contributed by atoms with Gasteiger partial charge < -0.3 is 24.1 Å². The van der Waals surface area contributed by atoms with Gasteiger partial charge in [-0.05, 0) is 73.4 Å². The van der Waals surface area contributed by atoms with Gasteiger partial charge in [0.25, 0.3) is 5.78 Å². The molecular formula is C33H31ClN2O7S. The van der Waals surface area contributed by atoms with Gasteiger partial charge in [-0.1, -0.05) is 42.9 Å². The number of aliphatic hydroxyl groups is 1. The summed E-state index contributed by atoms with van der Waals surface area (Å²) in [6, 6.07) is 14.4. The van der Waals surface area contributed by atoms with E-state index in [-0.39, 0.29) is 11.3 Å². The molecule has 1 fully saturated rings. The number of hydrogen-bond donors (Lipinski definition) is 1. The van der Waals surface area contributed by atoms with Crippen LogP contribution in [0.1, 0.15) is 44.4 Å². The molecule has 1 atom stereocenters. The molecule has 1 unspecified atom stereocenters. The average molecular weight is 635 g/mol. The number of nitrogens with zero attached hydrogens (tertiary/aromatic N) is 2. The number of fused-ring (bicyclic) bond motifs is 2. The zero-order chi connectivity index (χ0) is 31.0. The van der Waals surface area contributed by atoms with Crippen molar-refractivity contribution in [1.82, 2.24) is 4.98 Å². The van der Waals surface area contributed by atoms with E-state index >= 15 is 0 Å². The highest BCUT2D eigenvalue weighted by atomic mass is 35.5. The fourth-order valence-electron chi connectivity index (χ4n) is 5.17. The van der Waals surface area contributed by atoms with Crippen molar-refractivity contribution in [3.05, 3.63) is 76.3 Å². The summed E-state index contributed by atoms with van der Waals surface area (Å²) in [6.07, 6.45) is 0.866. The summed E-state index contributed by atoms with van der Waals surface area (Å²) in [5.74, 6) is 0.470. The molecule has 0 aliphatic carbocycles. The first kappa shape index (κ1) is 29.8. The number of carbonyl (C=O) groups excluding carboxylic acids is 2. The minimum Gasteiger partial charge on any atom is -0.507 e. The molecule has 2 aliphatic heterocycles. The molecule has 11 heteroatoms. The molecule has 1 saturated heterocycles. The predicted octanol–water partition coefficient (Wildman–Crippen LogP) is 7.17. The standard InChI is InChI=1S/C33H31ClN2O7S/c1-4-40-25-15-19(5-9-23(25)41-12-11-18(2)3)29-28(30(37)20-6-10-24-26(16-20)43-14-13-42-24)31(38)32(39)36(29)33-35-22-8-7-21(34)17-27(22)44-33/h5-10,15-18,29,37H,4,11-14H2,1-3H3/b30-28+. The van der Waals surface area contributed by atoms with Gasteiger partial charge in [-0.25, -0.2) is 4.98 Å². The van der Waals surface area contributed by atoms with E-state index < -0.39 is 17.7 Å². The van der Waals surface area contributed by atoms with E-state index in [0.717, 1.165) is 11.1 Å². The molecule has 0 radical (unpaired) electrons. The van der Waals surface area contributed by atoms with Crippen LogP contribution in [-0.4, -0.2) is 48.2 Å². The number of aliphatic hydroxyl groups excluding tert-OH is 1. The van der Waals surface area contributed by atoms with E-state index in [1.54, 1.807) is 54.6 Å². The molecular weight excluding hydrogens is 604 g/mol. The summed E-state index contributed by atoms with van der Waals surface area (Å²) < 4.78 is 24.1. The number of rotatable bonds is 9. The lowest BCUT2D eigenvalue weighted by molar-refractivity contribution is -0.132. The third-order valence-corrected chi connectivity index (χ3v) is 8.59. The van der Waals surface area contributed by atoms with E-state index in [4.69, 9.17) is 30.5 Å². The van der Waals surface area contributed by atoms with Crippen LogP contribution in [0.15, 0.2) is 60.2 Å². The van der Waals surface area contributed by atoms with Crippen LogP contribution in [-0.2, 0) is 9.59 Å². The summed E-state index contributed by atoms with van der Waals surface area (Å²) in [5.41, 5.74) is 1.40. The van der Waals surface area contributed by atoms with E-state index in [0.29, 0.717) is 82.1 Å². The Morgan fingerprint density at radius 3 is 2.61 bits per heavy atom. The van der Waals surface area contributed by atoms with Crippen molar-refractivity contribution in [2.45, 2.75) is 33.2 Å². The largest absolute Gasteiger partial charge is 0.507 e. The zero-order valence-electron chi connectivity index (χ0n) is 24.5. The summed E-state index contributed by atoms with van der Waals surface area (Å²) in [4.78, 5) is 33.5. The Kier molecular flexibility index (Phi) is 8.38. The molecule has 228 valence electrons. The van der Waals surface area contributed by atoms with E-state index in [1.807, 2.05) is 6.92 Å². The molecule has 3 aromatic carbocycles. The average Bonchev–Trinajstić information content (AvgIpc) is 3.54. The van der Waals surface area contributed by atoms with Crippen LogP contribution in [0.4, 0.5) is 5.13 Å². The highest BCUT2D eigenvalue weighted by Crippen LogP contribution is 2.46. The Balaban J connectivity index is 1.50. The number of halogens is 1. The quantitative estimate of drug-likeness (QED) is 0.117. The van der Waals surface area contributed by atoms with Gasteiger partial charge in [-0.3, -0.25) is 14.5 Å². The van der Waals surface area contributed by atoms with Gasteiger partial charge in [-0.15, -0.1) is 0 Å². The topological polar surface area (TPSA) is 107 Å². The van der Waals surface area contributed by atoms with Crippen molar-refractivity contribution in [2.24, 2.45) is 5.92 Å². The van der Waals surface area contributed by atoms with Crippen molar-refractivity contribution in [3.63, 3.8) is 0 Å². The Bertz CT molecular complexity index is 1780. The van der Waals surface area contributed by atoms with Gasteiger partial charge in [0, 0.05) is 10.6 Å². The first-order chi connectivity index (χ1) is 21.2. The molecule has 0 saturated carbocycles. The van der Waals surface area contributed by atoms with Gasteiger partial charge in [-0.2, -0.15) is 0 Å². The third-order valence-electron chi connectivity index (χ3n) is 7.34. The number of hydrogen-bond acceptors (Lipinski definition) is 9. The lowest BCUT2D eigenvalue weighted by atomic mass is 9.95. The maximum atomic E-state index is 13.8. The normalized spacial score (nSPS) is 17.5. The number of thiazole rings is 1. The van der Waals surface area contributed by atoms with Crippen LogP contribution in [0.2, 0.25) is 5.02 Å². The summed E-state index contributed by atoms with van der Waals surface area (Å²) in [5, 5.41) is 12.5. The van der Waals surface area contributed by atoms with Crippen molar-refractivity contribution in [2.75, 3.05) is 31.3 Å². The molecule has 4 aromatic rings. The first-order valence-corrected chi connectivity index (χ1v) is 15.6. The Hall–Kier alpha value is -4.28. The summed E-state index contributed by atoms with van der Waals surface area (Å²) in [6.45, 7) is 7.76. The van der Waals surface area contributed by atoms with Crippen LogP contribution in [0.3, 0.4) is 0 Å². The van der Waals surface area contributed by atoms with Gasteiger partial charge in [0.05, 0.1) is 35.0 Å². The molecule has 2 aliphatic rings. The monoisotopic (exact) mass is 634 g/mol. The second-order valence-corrected chi connectivity index (χ2v) is 12.3. The van der Waals surface area contributed by atoms with Crippen LogP contribution in [0.5, 0.6) is 23.0 Å². The number of aromatic nitrogens is 1. The van der Waals surface area contributed by atoms with Crippen molar-refractivity contribution >= 4 is 55.7 Å². The third kappa shape index (κ3) is 5.67. The number of ether oxygens (including phenoxy) is 4. The molecule has 0 bridgehead atoms. The lowest BCUT2D eigenvalue weighted by Gasteiger charge is -2.24. The second kappa shape index (κ2) is 12.4. The zero-order valence-corrected chi connectivity index (χ0v) is 26.0. The molecule has 1 aromatic heterocycles. The molecule has 44 heavy (non-hydrogen) atoms. The highest BCUT2D eigenvalue weighted by molar-refractivity contribution is 7.22. The molecule has 9 nitrogen and oxygen atoms in total. The van der Waals surface area contributed by atoms with Crippen LogP contribution < -0.4 is 23.8 Å². The molecule has 3 heterocycles. The number of Topliss-reactive ketones (excluding diaryl/α,β-unsaturated/α-hetero) is 1. The Morgan fingerprint density at radius 2 is 1.84 bits per heavy atom. The number of carbonyl (C=O) groups is 2. The fourth-order valence-corrected chi connectivity index (χ4v) is 6.44.